The van der Waals surface area contributed by atoms with Crippen LogP contribution in [-0.4, -0.2) is 14.5 Å². The van der Waals surface area contributed by atoms with Crippen molar-refractivity contribution in [2.45, 2.75) is 0 Å². The van der Waals surface area contributed by atoms with E-state index >= 15 is 0 Å². The second kappa shape index (κ2) is 12.3. The molecule has 2 aromatic heterocycles. The van der Waals surface area contributed by atoms with Crippen LogP contribution in [0.3, 0.4) is 0 Å². The van der Waals surface area contributed by atoms with Gasteiger partial charge in [-0.1, -0.05) is 66.7 Å². The summed E-state index contributed by atoms with van der Waals surface area (Å²) < 4.78 is 15.3. The Balaban J connectivity index is 1.13. The first-order valence-corrected chi connectivity index (χ1v) is 18.2. The topological polar surface area (TPSA) is 109 Å². The Hall–Kier alpha value is -8.96. The molecule has 0 radical (unpaired) electrons. The molecule has 0 bridgehead atoms. The smallest absolute Gasteiger partial charge is 0.190 e. The number of anilines is 3. The second-order valence-corrected chi connectivity index (χ2v) is 13.8. The van der Waals surface area contributed by atoms with E-state index in [0.29, 0.717) is 34.4 Å². The molecule has 0 unspecified atom stereocenters. The van der Waals surface area contributed by atoms with E-state index in [2.05, 4.69) is 50.7 Å². The van der Waals surface area contributed by atoms with Gasteiger partial charge in [0.25, 0.3) is 0 Å². The number of rotatable bonds is 3. The summed E-state index contributed by atoms with van der Waals surface area (Å²) in [6.45, 7) is 15.5. The van der Waals surface area contributed by atoms with E-state index in [4.69, 9.17) is 32.6 Å². The standard InChI is InChI=1S/C48H22N8O2/c1-51-32-18-30(25-49)45-40(23-32)55-41-24-33(52-2)19-31(26-50)46(41)58-43-22-29(21-42(57-45)44(43)55)28-16-17-39-36(20-28)34-12-7-9-15-38(34)56(39)48-35-13-6-8-14-37(35)53-47(54-48)27-10-4-3-5-11-27/h3-24H. The number of fused-ring (bicyclic) bond motifs is 8. The lowest BCUT2D eigenvalue weighted by Gasteiger charge is -2.39. The van der Waals surface area contributed by atoms with Crippen LogP contribution in [0.25, 0.3) is 70.7 Å². The van der Waals surface area contributed by atoms with E-state index in [1.165, 1.54) is 12.1 Å². The van der Waals surface area contributed by atoms with E-state index in [0.717, 1.165) is 55.2 Å². The highest BCUT2D eigenvalue weighted by Gasteiger charge is 2.38. The van der Waals surface area contributed by atoms with Gasteiger partial charge in [0.2, 0.25) is 0 Å². The second-order valence-electron chi connectivity index (χ2n) is 13.8. The predicted octanol–water partition coefficient (Wildman–Crippen LogP) is 12.6. The van der Waals surface area contributed by atoms with E-state index < -0.39 is 0 Å². The molecule has 0 saturated carbocycles. The molecule has 9 aromatic rings. The lowest BCUT2D eigenvalue weighted by molar-refractivity contribution is 0.445. The molecule has 2 aliphatic heterocycles. The van der Waals surface area contributed by atoms with Crippen LogP contribution in [0, 0.1) is 35.8 Å². The molecule has 4 heterocycles. The summed E-state index contributed by atoms with van der Waals surface area (Å²) in [7, 11) is 0. The first-order valence-electron chi connectivity index (χ1n) is 18.2. The van der Waals surface area contributed by atoms with Gasteiger partial charge in [-0.3, -0.25) is 9.47 Å². The van der Waals surface area contributed by atoms with Crippen molar-refractivity contribution in [3.63, 3.8) is 0 Å². The molecule has 0 fully saturated rings. The third-order valence-electron chi connectivity index (χ3n) is 10.6. The largest absolute Gasteiger partial charge is 0.451 e. The fourth-order valence-electron chi connectivity index (χ4n) is 8.08. The molecule has 2 aliphatic rings. The number of benzene rings is 7. The Kier molecular flexibility index (Phi) is 6.87. The molecule has 0 saturated heterocycles. The maximum Gasteiger partial charge on any atom is 0.190 e. The molecule has 11 rings (SSSR count). The Morgan fingerprint density at radius 2 is 1.16 bits per heavy atom. The maximum absolute atomic E-state index is 10.2. The average Bonchev–Trinajstić information content (AvgIpc) is 3.61. The van der Waals surface area contributed by atoms with E-state index in [1.807, 2.05) is 89.8 Å². The van der Waals surface area contributed by atoms with Crippen LogP contribution >= 0.6 is 0 Å². The summed E-state index contributed by atoms with van der Waals surface area (Å²) in [5.74, 6) is 2.74. The maximum atomic E-state index is 10.2. The molecule has 266 valence electrons. The zero-order valence-electron chi connectivity index (χ0n) is 30.1. The van der Waals surface area contributed by atoms with Crippen LogP contribution in [0.15, 0.2) is 133 Å². The van der Waals surface area contributed by atoms with Crippen molar-refractivity contribution in [1.29, 1.82) is 10.5 Å². The van der Waals surface area contributed by atoms with Gasteiger partial charge < -0.3 is 9.47 Å². The van der Waals surface area contributed by atoms with Crippen molar-refractivity contribution < 1.29 is 9.47 Å². The first kappa shape index (κ1) is 32.5. The van der Waals surface area contributed by atoms with Crippen LogP contribution in [0.2, 0.25) is 0 Å². The van der Waals surface area contributed by atoms with Crippen molar-refractivity contribution in [3.05, 3.63) is 167 Å². The Morgan fingerprint density at radius 1 is 0.552 bits per heavy atom. The highest BCUT2D eigenvalue weighted by molar-refractivity contribution is 6.11. The molecule has 0 spiro atoms. The zero-order valence-corrected chi connectivity index (χ0v) is 30.1. The van der Waals surface area contributed by atoms with Crippen molar-refractivity contribution in [2.24, 2.45) is 0 Å². The number of hydrogen-bond donors (Lipinski definition) is 0. The van der Waals surface area contributed by atoms with Crippen LogP contribution in [0.1, 0.15) is 11.1 Å². The number of aromatic nitrogens is 3. The minimum absolute atomic E-state index is 0.179. The van der Waals surface area contributed by atoms with Gasteiger partial charge in [-0.2, -0.15) is 10.5 Å². The summed E-state index contributed by atoms with van der Waals surface area (Å²) in [5, 5.41) is 23.4. The fraction of sp³-hybridized carbons (Fsp3) is 0. The minimum atomic E-state index is 0.179. The highest BCUT2D eigenvalue weighted by Crippen LogP contribution is 2.62. The van der Waals surface area contributed by atoms with Crippen molar-refractivity contribution in [2.75, 3.05) is 4.90 Å². The molecule has 0 atom stereocenters. The van der Waals surface area contributed by atoms with E-state index in [-0.39, 0.29) is 34.0 Å². The molecule has 7 aromatic carbocycles. The number of nitriles is 2. The SMILES string of the molecule is [C-]#[N+]c1cc(C#N)c2c(c1)N1c3cc([N+]#[C-])cc(C#N)c3Oc3cc(-c4ccc5c(c4)c4ccccc4n5-c4nc(-c5ccccc5)nc5ccccc45)cc(c31)O2. The lowest BCUT2D eigenvalue weighted by Crippen LogP contribution is -2.21. The third-order valence-corrected chi connectivity index (χ3v) is 10.6. The number of nitrogens with zero attached hydrogens (tertiary/aromatic N) is 8. The van der Waals surface area contributed by atoms with Crippen molar-refractivity contribution >= 4 is 61.1 Å². The molecular weight excluding hydrogens is 721 g/mol. The molecule has 10 nitrogen and oxygen atoms in total. The third kappa shape index (κ3) is 4.68. The number of ether oxygens (including phenoxy) is 2. The molecule has 0 amide bonds. The fourth-order valence-corrected chi connectivity index (χ4v) is 8.08. The molecule has 0 N–H and O–H groups in total. The van der Waals surface area contributed by atoms with Crippen LogP contribution in [-0.2, 0) is 0 Å². The molecule has 10 heteroatoms. The van der Waals surface area contributed by atoms with Gasteiger partial charge >= 0.3 is 0 Å². The van der Waals surface area contributed by atoms with Gasteiger partial charge in [-0.25, -0.2) is 19.7 Å². The number of hydrogen-bond acceptors (Lipinski definition) is 7. The molecule has 0 aliphatic carbocycles. The summed E-state index contributed by atoms with van der Waals surface area (Å²) in [5.41, 5.74) is 7.58. The van der Waals surface area contributed by atoms with Crippen molar-refractivity contribution in [1.82, 2.24) is 14.5 Å². The van der Waals surface area contributed by atoms with Crippen LogP contribution in [0.5, 0.6) is 23.0 Å². The van der Waals surface area contributed by atoms with Gasteiger partial charge in [0.15, 0.2) is 40.2 Å². The Labute approximate surface area is 330 Å². The lowest BCUT2D eigenvalue weighted by atomic mass is 9.98. The monoisotopic (exact) mass is 742 g/mol. The normalized spacial score (nSPS) is 12.0. The Bertz CT molecular complexity index is 3360. The first-order chi connectivity index (χ1) is 28.5. The van der Waals surface area contributed by atoms with E-state index in [1.54, 1.807) is 12.1 Å². The minimum Gasteiger partial charge on any atom is -0.451 e. The van der Waals surface area contributed by atoms with Gasteiger partial charge in [0, 0.05) is 21.7 Å². The predicted molar refractivity (Wildman–Crippen MR) is 222 cm³/mol. The van der Waals surface area contributed by atoms with Gasteiger partial charge in [-0.05, 0) is 77.9 Å². The zero-order chi connectivity index (χ0) is 39.1. The van der Waals surface area contributed by atoms with Gasteiger partial charge in [0.05, 0.1) is 52.2 Å². The summed E-state index contributed by atoms with van der Waals surface area (Å²) >= 11 is 0. The highest BCUT2D eigenvalue weighted by atomic mass is 16.5. The van der Waals surface area contributed by atoms with Crippen LogP contribution < -0.4 is 14.4 Å². The van der Waals surface area contributed by atoms with Crippen LogP contribution in [0.4, 0.5) is 28.4 Å². The Morgan fingerprint density at radius 3 is 1.81 bits per heavy atom. The quantitative estimate of drug-likeness (QED) is 0.166. The molecular formula is C48H22N8O2. The summed E-state index contributed by atoms with van der Waals surface area (Å²) in [6, 6.07) is 47.0. The van der Waals surface area contributed by atoms with Gasteiger partial charge in [-0.15, -0.1) is 0 Å². The van der Waals surface area contributed by atoms with Gasteiger partial charge in [0.1, 0.15) is 23.6 Å². The molecule has 58 heavy (non-hydrogen) atoms. The van der Waals surface area contributed by atoms with E-state index in [9.17, 15) is 10.5 Å². The summed E-state index contributed by atoms with van der Waals surface area (Å²) in [6.07, 6.45) is 0. The summed E-state index contributed by atoms with van der Waals surface area (Å²) in [4.78, 5) is 19.2. The van der Waals surface area contributed by atoms with Crippen molar-refractivity contribution in [3.8, 4) is 63.5 Å². The average molecular weight is 743 g/mol. The number of para-hydroxylation sites is 2.